The average molecular weight is 329 g/mol. The Bertz CT molecular complexity index is 687. The van der Waals surface area contributed by atoms with Gasteiger partial charge in [-0.15, -0.1) is 0 Å². The van der Waals surface area contributed by atoms with Crippen LogP contribution in [0, 0.1) is 11.7 Å². The van der Waals surface area contributed by atoms with E-state index < -0.39 is 17.8 Å². The topological polar surface area (TPSA) is 71.1 Å². The number of pyridine rings is 1. The molecular formula is C18H20FN3O2. The fourth-order valence-corrected chi connectivity index (χ4v) is 2.16. The molecule has 2 aromatic rings. The normalized spacial score (nSPS) is 11.8. The zero-order chi connectivity index (χ0) is 17.5. The minimum atomic E-state index is -0.681. The molecular weight excluding hydrogens is 309 g/mol. The Labute approximate surface area is 140 Å². The van der Waals surface area contributed by atoms with Crippen molar-refractivity contribution in [2.75, 3.05) is 0 Å². The molecule has 1 heterocycles. The quantitative estimate of drug-likeness (QED) is 0.854. The lowest BCUT2D eigenvalue weighted by atomic mass is 10.0. The third-order valence-electron chi connectivity index (χ3n) is 3.53. The fourth-order valence-electron chi connectivity index (χ4n) is 2.16. The first-order chi connectivity index (χ1) is 11.5. The predicted molar refractivity (Wildman–Crippen MR) is 88.6 cm³/mol. The van der Waals surface area contributed by atoms with Crippen LogP contribution >= 0.6 is 0 Å². The molecule has 2 rings (SSSR count). The van der Waals surface area contributed by atoms with E-state index in [9.17, 15) is 14.0 Å². The van der Waals surface area contributed by atoms with Crippen LogP contribution in [0.1, 0.15) is 29.8 Å². The van der Waals surface area contributed by atoms with Gasteiger partial charge in [0.2, 0.25) is 5.91 Å². The van der Waals surface area contributed by atoms with Gasteiger partial charge in [0.1, 0.15) is 11.9 Å². The summed E-state index contributed by atoms with van der Waals surface area (Å²) in [6.07, 6.45) is 3.33. The van der Waals surface area contributed by atoms with E-state index in [4.69, 9.17) is 0 Å². The second kappa shape index (κ2) is 8.19. The number of benzene rings is 1. The lowest BCUT2D eigenvalue weighted by molar-refractivity contribution is -0.124. The second-order valence-electron chi connectivity index (χ2n) is 5.78. The zero-order valence-corrected chi connectivity index (χ0v) is 13.6. The van der Waals surface area contributed by atoms with Crippen LogP contribution in [0.4, 0.5) is 4.39 Å². The Morgan fingerprint density at radius 2 is 1.88 bits per heavy atom. The van der Waals surface area contributed by atoms with Gasteiger partial charge in [-0.25, -0.2) is 4.39 Å². The number of nitrogens with zero attached hydrogens (tertiary/aromatic N) is 1. The molecule has 5 nitrogen and oxygen atoms in total. The summed E-state index contributed by atoms with van der Waals surface area (Å²) in [6.45, 7) is 4.03. The molecule has 0 aliphatic heterocycles. The minimum absolute atomic E-state index is 0.0942. The van der Waals surface area contributed by atoms with Crippen LogP contribution in [-0.2, 0) is 11.3 Å². The van der Waals surface area contributed by atoms with Gasteiger partial charge in [-0.05, 0) is 41.8 Å². The highest BCUT2D eigenvalue weighted by atomic mass is 19.1. The highest BCUT2D eigenvalue weighted by Crippen LogP contribution is 2.07. The van der Waals surface area contributed by atoms with Crippen molar-refractivity contribution in [1.29, 1.82) is 0 Å². The summed E-state index contributed by atoms with van der Waals surface area (Å²) in [7, 11) is 0. The molecule has 0 saturated carbocycles. The Morgan fingerprint density at radius 1 is 1.17 bits per heavy atom. The molecule has 2 N–H and O–H groups in total. The maximum absolute atomic E-state index is 12.9. The van der Waals surface area contributed by atoms with Crippen molar-refractivity contribution in [1.82, 2.24) is 15.6 Å². The summed E-state index contributed by atoms with van der Waals surface area (Å²) < 4.78 is 12.9. The largest absolute Gasteiger partial charge is 0.350 e. The van der Waals surface area contributed by atoms with Crippen LogP contribution in [0.15, 0.2) is 48.8 Å². The van der Waals surface area contributed by atoms with Crippen molar-refractivity contribution >= 4 is 11.8 Å². The number of hydrogen-bond acceptors (Lipinski definition) is 3. The molecule has 0 bridgehead atoms. The standard InChI is InChI=1S/C18H20FN3O2/c1-12(2)16(18(24)21-11-13-4-3-9-20-10-13)22-17(23)14-5-7-15(19)8-6-14/h3-10,12,16H,11H2,1-2H3,(H,21,24)(H,22,23)/t16-/m1/s1. The van der Waals surface area contributed by atoms with Gasteiger partial charge in [-0.2, -0.15) is 0 Å². The molecule has 2 amide bonds. The van der Waals surface area contributed by atoms with Crippen LogP contribution in [0.5, 0.6) is 0 Å². The Balaban J connectivity index is 1.99. The second-order valence-corrected chi connectivity index (χ2v) is 5.78. The van der Waals surface area contributed by atoms with Gasteiger partial charge >= 0.3 is 0 Å². The first kappa shape index (κ1) is 17.6. The van der Waals surface area contributed by atoms with Gasteiger partial charge in [-0.1, -0.05) is 19.9 Å². The molecule has 126 valence electrons. The molecule has 0 aliphatic carbocycles. The summed E-state index contributed by atoms with van der Waals surface area (Å²) >= 11 is 0. The maximum Gasteiger partial charge on any atom is 0.251 e. The SMILES string of the molecule is CC(C)[C@@H](NC(=O)c1ccc(F)cc1)C(=O)NCc1cccnc1. The Hall–Kier alpha value is -2.76. The van der Waals surface area contributed by atoms with Crippen molar-refractivity contribution in [2.45, 2.75) is 26.4 Å². The van der Waals surface area contributed by atoms with E-state index in [1.807, 2.05) is 19.9 Å². The van der Waals surface area contributed by atoms with Gasteiger partial charge < -0.3 is 10.6 Å². The summed E-state index contributed by atoms with van der Waals surface area (Å²) in [6, 6.07) is 8.15. The van der Waals surface area contributed by atoms with E-state index in [1.54, 1.807) is 18.5 Å². The zero-order valence-electron chi connectivity index (χ0n) is 13.6. The van der Waals surface area contributed by atoms with Gasteiger partial charge in [0, 0.05) is 24.5 Å². The number of hydrogen-bond donors (Lipinski definition) is 2. The van der Waals surface area contributed by atoms with Crippen LogP contribution < -0.4 is 10.6 Å². The average Bonchev–Trinajstić information content (AvgIpc) is 2.58. The van der Waals surface area contributed by atoms with E-state index in [2.05, 4.69) is 15.6 Å². The number of carbonyl (C=O) groups excluding carboxylic acids is 2. The lowest BCUT2D eigenvalue weighted by Gasteiger charge is -2.21. The van der Waals surface area contributed by atoms with Crippen LogP contribution in [0.25, 0.3) is 0 Å². The van der Waals surface area contributed by atoms with Gasteiger partial charge in [0.05, 0.1) is 0 Å². The Morgan fingerprint density at radius 3 is 2.46 bits per heavy atom. The van der Waals surface area contributed by atoms with Crippen molar-refractivity contribution in [3.05, 3.63) is 65.7 Å². The maximum atomic E-state index is 12.9. The molecule has 0 spiro atoms. The molecule has 1 atom stereocenters. The van der Waals surface area contributed by atoms with Crippen LogP contribution in [0.2, 0.25) is 0 Å². The van der Waals surface area contributed by atoms with Gasteiger partial charge in [0.15, 0.2) is 0 Å². The van der Waals surface area contributed by atoms with Gasteiger partial charge in [-0.3, -0.25) is 14.6 Å². The first-order valence-electron chi connectivity index (χ1n) is 7.70. The molecule has 0 saturated heterocycles. The van der Waals surface area contributed by atoms with Crippen molar-refractivity contribution in [3.8, 4) is 0 Å². The lowest BCUT2D eigenvalue weighted by Crippen LogP contribution is -2.49. The van der Waals surface area contributed by atoms with E-state index in [0.717, 1.165) is 5.56 Å². The molecule has 0 aliphatic rings. The highest BCUT2D eigenvalue weighted by Gasteiger charge is 2.24. The number of nitrogens with one attached hydrogen (secondary N) is 2. The number of rotatable bonds is 6. The molecule has 0 radical (unpaired) electrons. The number of aromatic nitrogens is 1. The smallest absolute Gasteiger partial charge is 0.251 e. The molecule has 1 aromatic carbocycles. The number of amides is 2. The molecule has 1 aromatic heterocycles. The van der Waals surface area contributed by atoms with Gasteiger partial charge in [0.25, 0.3) is 5.91 Å². The molecule has 0 fully saturated rings. The third kappa shape index (κ3) is 4.87. The third-order valence-corrected chi connectivity index (χ3v) is 3.53. The molecule has 0 unspecified atom stereocenters. The molecule has 6 heteroatoms. The summed E-state index contributed by atoms with van der Waals surface area (Å²) in [5, 5.41) is 5.49. The minimum Gasteiger partial charge on any atom is -0.350 e. The fraction of sp³-hybridized carbons (Fsp3) is 0.278. The number of carbonyl (C=O) groups is 2. The Kier molecular flexibility index (Phi) is 6.01. The van der Waals surface area contributed by atoms with E-state index in [1.165, 1.54) is 24.3 Å². The van der Waals surface area contributed by atoms with Crippen LogP contribution in [-0.4, -0.2) is 22.8 Å². The first-order valence-corrected chi connectivity index (χ1v) is 7.70. The van der Waals surface area contributed by atoms with E-state index >= 15 is 0 Å². The predicted octanol–water partition coefficient (Wildman–Crippen LogP) is 2.29. The summed E-state index contributed by atoms with van der Waals surface area (Å²) in [5.41, 5.74) is 1.18. The monoisotopic (exact) mass is 329 g/mol. The highest BCUT2D eigenvalue weighted by molar-refractivity contribution is 5.97. The van der Waals surface area contributed by atoms with Crippen molar-refractivity contribution in [2.24, 2.45) is 5.92 Å². The van der Waals surface area contributed by atoms with E-state index in [-0.39, 0.29) is 11.8 Å². The van der Waals surface area contributed by atoms with Crippen LogP contribution in [0.3, 0.4) is 0 Å². The summed E-state index contributed by atoms with van der Waals surface area (Å²) in [4.78, 5) is 28.6. The summed E-state index contributed by atoms with van der Waals surface area (Å²) in [5.74, 6) is -1.20. The van der Waals surface area contributed by atoms with Crippen molar-refractivity contribution < 1.29 is 14.0 Å². The number of halogens is 1. The van der Waals surface area contributed by atoms with Crippen molar-refractivity contribution in [3.63, 3.8) is 0 Å². The van der Waals surface area contributed by atoms with E-state index in [0.29, 0.717) is 12.1 Å². The molecule has 24 heavy (non-hydrogen) atoms.